The molecular weight excluding hydrogens is 697 g/mol. The van der Waals surface area contributed by atoms with Crippen molar-refractivity contribution in [3.05, 3.63) is 200 Å². The predicted molar refractivity (Wildman–Crippen MR) is 230 cm³/mol. The van der Waals surface area contributed by atoms with Gasteiger partial charge in [-0.05, 0) is 99.1 Å². The molecule has 0 amide bonds. The van der Waals surface area contributed by atoms with Crippen LogP contribution in [-0.4, -0.2) is 15.0 Å². The van der Waals surface area contributed by atoms with Gasteiger partial charge in [-0.1, -0.05) is 140 Å². The molecule has 0 N–H and O–H groups in total. The number of nitriles is 1. The van der Waals surface area contributed by atoms with Crippen molar-refractivity contribution in [2.75, 3.05) is 0 Å². The molecule has 0 aliphatic carbocycles. The van der Waals surface area contributed by atoms with E-state index in [-0.39, 0.29) is 0 Å². The summed E-state index contributed by atoms with van der Waals surface area (Å²) in [4.78, 5) is 15.5. The number of hydrogen-bond acceptors (Lipinski definition) is 5. The molecule has 0 aliphatic heterocycles. The molecule has 57 heavy (non-hydrogen) atoms. The Bertz CT molecular complexity index is 3050. The van der Waals surface area contributed by atoms with Crippen molar-refractivity contribution in [1.82, 2.24) is 15.0 Å². The molecule has 10 aromatic rings. The third-order valence-electron chi connectivity index (χ3n) is 10.3. The monoisotopic (exact) mass is 728 g/mol. The largest absolute Gasteiger partial charge is 0.456 e. The minimum atomic E-state index is 0.538. The van der Waals surface area contributed by atoms with Crippen molar-refractivity contribution in [1.29, 1.82) is 5.26 Å². The molecule has 266 valence electrons. The van der Waals surface area contributed by atoms with Gasteiger partial charge in [-0.2, -0.15) is 5.26 Å². The van der Waals surface area contributed by atoms with Gasteiger partial charge in [-0.15, -0.1) is 0 Å². The van der Waals surface area contributed by atoms with Crippen LogP contribution in [-0.2, 0) is 0 Å². The third-order valence-corrected chi connectivity index (χ3v) is 10.3. The van der Waals surface area contributed by atoms with Crippen molar-refractivity contribution >= 4 is 21.9 Å². The number of hydrogen-bond donors (Lipinski definition) is 0. The summed E-state index contributed by atoms with van der Waals surface area (Å²) in [6.45, 7) is 0. The van der Waals surface area contributed by atoms with Gasteiger partial charge in [0.15, 0.2) is 17.5 Å². The predicted octanol–water partition coefficient (Wildman–Crippen LogP) is 13.3. The quantitative estimate of drug-likeness (QED) is 0.163. The Labute approximate surface area is 329 Å². The van der Waals surface area contributed by atoms with Gasteiger partial charge in [0.2, 0.25) is 0 Å². The van der Waals surface area contributed by atoms with Gasteiger partial charge in [0.1, 0.15) is 11.2 Å². The minimum Gasteiger partial charge on any atom is -0.456 e. The Morgan fingerprint density at radius 3 is 1.46 bits per heavy atom. The molecule has 0 spiro atoms. The van der Waals surface area contributed by atoms with Crippen molar-refractivity contribution in [3.63, 3.8) is 0 Å². The van der Waals surface area contributed by atoms with E-state index in [9.17, 15) is 5.26 Å². The summed E-state index contributed by atoms with van der Waals surface area (Å²) >= 11 is 0. The fourth-order valence-corrected chi connectivity index (χ4v) is 7.51. The van der Waals surface area contributed by atoms with E-state index in [0.29, 0.717) is 23.0 Å². The molecule has 0 unspecified atom stereocenters. The highest BCUT2D eigenvalue weighted by Crippen LogP contribution is 2.39. The summed E-state index contributed by atoms with van der Waals surface area (Å²) in [6, 6.07) is 68.2. The summed E-state index contributed by atoms with van der Waals surface area (Å²) in [5, 5.41) is 11.5. The van der Waals surface area contributed by atoms with E-state index in [2.05, 4.69) is 127 Å². The van der Waals surface area contributed by atoms with Gasteiger partial charge in [-0.25, -0.2) is 15.0 Å². The van der Waals surface area contributed by atoms with E-state index in [4.69, 9.17) is 19.4 Å². The Morgan fingerprint density at radius 1 is 0.351 bits per heavy atom. The molecule has 8 aromatic carbocycles. The second kappa shape index (κ2) is 14.4. The highest BCUT2D eigenvalue weighted by Gasteiger charge is 2.18. The first-order chi connectivity index (χ1) is 28.2. The molecule has 10 rings (SSSR count). The van der Waals surface area contributed by atoms with Crippen LogP contribution in [0.2, 0.25) is 0 Å². The molecule has 5 heteroatoms. The SMILES string of the molecule is N#Cc1ccc(-c2cccc(-c3nc(-c4cc(-c5ccccc5)cc(-c5ccccc5)c4)nc(-c4ccc5c(c4)oc4cccc(-c6ccccc6)c45)n3)c2)cc1. The van der Waals surface area contributed by atoms with Crippen molar-refractivity contribution < 1.29 is 4.42 Å². The summed E-state index contributed by atoms with van der Waals surface area (Å²) in [6.07, 6.45) is 0. The Hall–Kier alpha value is -7.94. The normalized spacial score (nSPS) is 11.1. The first-order valence-electron chi connectivity index (χ1n) is 18.8. The fraction of sp³-hybridized carbons (Fsp3) is 0. The lowest BCUT2D eigenvalue weighted by Gasteiger charge is -2.13. The molecule has 2 aromatic heterocycles. The zero-order valence-corrected chi connectivity index (χ0v) is 30.7. The maximum absolute atomic E-state index is 9.37. The standard InChI is InChI=1S/C52H32N4O/c53-33-34-22-24-37(25-23-34)39-18-10-19-40(28-39)50-54-51(41-26-27-46-48(32-41)57-47-21-11-20-45(49(46)47)38-16-8-3-9-17-38)56-52(55-50)44-30-42(35-12-4-1-5-13-35)29-43(31-44)36-14-6-2-7-15-36/h1-32H. The van der Waals surface area contributed by atoms with E-state index >= 15 is 0 Å². The maximum atomic E-state index is 9.37. The second-order valence-electron chi connectivity index (χ2n) is 14.0. The Kier molecular flexibility index (Phi) is 8.48. The van der Waals surface area contributed by atoms with Gasteiger partial charge in [-0.3, -0.25) is 0 Å². The molecular formula is C52H32N4O. The highest BCUT2D eigenvalue weighted by molar-refractivity contribution is 6.13. The fourth-order valence-electron chi connectivity index (χ4n) is 7.51. The number of nitrogens with zero attached hydrogens (tertiary/aromatic N) is 4. The number of benzene rings is 8. The third kappa shape index (κ3) is 6.52. The molecule has 0 fully saturated rings. The summed E-state index contributed by atoms with van der Waals surface area (Å²) in [7, 11) is 0. The smallest absolute Gasteiger partial charge is 0.164 e. The van der Waals surface area contributed by atoms with E-state index in [1.807, 2.05) is 72.8 Å². The van der Waals surface area contributed by atoms with Gasteiger partial charge in [0, 0.05) is 27.5 Å². The van der Waals surface area contributed by atoms with Crippen LogP contribution < -0.4 is 0 Å². The lowest BCUT2D eigenvalue weighted by atomic mass is 9.96. The van der Waals surface area contributed by atoms with Crippen molar-refractivity contribution in [2.24, 2.45) is 0 Å². The van der Waals surface area contributed by atoms with Crippen LogP contribution in [0.3, 0.4) is 0 Å². The number of fused-ring (bicyclic) bond motifs is 3. The minimum absolute atomic E-state index is 0.538. The highest BCUT2D eigenvalue weighted by atomic mass is 16.3. The lowest BCUT2D eigenvalue weighted by Crippen LogP contribution is -2.01. The van der Waals surface area contributed by atoms with Gasteiger partial charge >= 0.3 is 0 Å². The zero-order chi connectivity index (χ0) is 38.1. The van der Waals surface area contributed by atoms with Crippen LogP contribution in [0.4, 0.5) is 0 Å². The van der Waals surface area contributed by atoms with Crippen LogP contribution in [0, 0.1) is 11.3 Å². The Balaban J connectivity index is 1.17. The molecule has 0 radical (unpaired) electrons. The first kappa shape index (κ1) is 33.6. The van der Waals surface area contributed by atoms with Gasteiger partial charge in [0.25, 0.3) is 0 Å². The maximum Gasteiger partial charge on any atom is 0.164 e. The van der Waals surface area contributed by atoms with Crippen molar-refractivity contribution in [2.45, 2.75) is 0 Å². The van der Waals surface area contributed by atoms with Crippen LogP contribution in [0.1, 0.15) is 5.56 Å². The summed E-state index contributed by atoms with van der Waals surface area (Å²) < 4.78 is 6.53. The summed E-state index contributed by atoms with van der Waals surface area (Å²) in [5.74, 6) is 1.65. The average Bonchev–Trinajstić information content (AvgIpc) is 3.68. The summed E-state index contributed by atoms with van der Waals surface area (Å²) in [5.41, 5.74) is 13.3. The number of furan rings is 1. The van der Waals surface area contributed by atoms with Gasteiger partial charge < -0.3 is 4.42 Å². The van der Waals surface area contributed by atoms with Crippen LogP contribution in [0.25, 0.3) is 101 Å². The Morgan fingerprint density at radius 2 is 0.825 bits per heavy atom. The lowest BCUT2D eigenvalue weighted by molar-refractivity contribution is 0.669. The second-order valence-corrected chi connectivity index (χ2v) is 14.0. The van der Waals surface area contributed by atoms with E-state index < -0.39 is 0 Å². The average molecular weight is 729 g/mol. The molecule has 0 bridgehead atoms. The zero-order valence-electron chi connectivity index (χ0n) is 30.7. The topological polar surface area (TPSA) is 75.6 Å². The molecule has 0 saturated heterocycles. The van der Waals surface area contributed by atoms with Crippen LogP contribution >= 0.6 is 0 Å². The van der Waals surface area contributed by atoms with Crippen LogP contribution in [0.15, 0.2) is 199 Å². The van der Waals surface area contributed by atoms with E-state index in [1.54, 1.807) is 0 Å². The number of aromatic nitrogens is 3. The molecule has 0 atom stereocenters. The molecule has 0 saturated carbocycles. The molecule has 2 heterocycles. The van der Waals surface area contributed by atoms with E-state index in [0.717, 1.165) is 83.1 Å². The van der Waals surface area contributed by atoms with Gasteiger partial charge in [0.05, 0.1) is 11.6 Å². The molecule has 0 aliphatic rings. The number of rotatable bonds is 7. The first-order valence-corrected chi connectivity index (χ1v) is 18.8. The van der Waals surface area contributed by atoms with Crippen LogP contribution in [0.5, 0.6) is 0 Å². The van der Waals surface area contributed by atoms with E-state index in [1.165, 1.54) is 0 Å². The molecule has 5 nitrogen and oxygen atoms in total. The van der Waals surface area contributed by atoms with Crippen molar-refractivity contribution in [3.8, 4) is 84.7 Å².